The van der Waals surface area contributed by atoms with Crippen molar-refractivity contribution in [1.82, 2.24) is 9.47 Å². The average molecular weight is 684 g/mol. The Hall–Kier alpha value is -4.00. The van der Waals surface area contributed by atoms with Gasteiger partial charge in [0.1, 0.15) is 17.6 Å². The second-order valence-corrected chi connectivity index (χ2v) is 13.9. The van der Waals surface area contributed by atoms with Crippen molar-refractivity contribution in [3.8, 4) is 11.5 Å². The predicted octanol–water partition coefficient (Wildman–Crippen LogP) is 9.51. The number of benzene rings is 3. The van der Waals surface area contributed by atoms with Crippen molar-refractivity contribution in [2.45, 2.75) is 77.0 Å². The number of likely N-dealkylation sites (tertiary alicyclic amines) is 1. The molecule has 0 N–H and O–H groups in total. The number of para-hydroxylation sites is 1. The molecular weight excluding hydrogens is 643 g/mol. The standard InChI is InChI=1S/C40H40Cl2N2O4/c1-3-5-11-37-31(21-26-19-28(41)12-14-35(26)47-37)38(45)39-32(22-27-20-29(42)13-15-36(27)48-39)40(46)44-18-16-25(23-44)33-24-43(17-6-4-2)34-10-8-7-9-30(33)34/h7-10,12-15,19-22,24-25,37,39H,3-6,11,16-18,23H2,1-2H3. The van der Waals surface area contributed by atoms with Crippen LogP contribution in [0, 0.1) is 0 Å². The summed E-state index contributed by atoms with van der Waals surface area (Å²) < 4.78 is 15.2. The fourth-order valence-corrected chi connectivity index (χ4v) is 7.60. The number of halogens is 2. The lowest BCUT2D eigenvalue weighted by atomic mass is 9.88. The quantitative estimate of drug-likeness (QED) is 0.167. The number of hydrogen-bond donors (Lipinski definition) is 0. The summed E-state index contributed by atoms with van der Waals surface area (Å²) >= 11 is 12.7. The van der Waals surface area contributed by atoms with E-state index in [1.54, 1.807) is 36.4 Å². The van der Waals surface area contributed by atoms with Gasteiger partial charge in [-0.3, -0.25) is 9.59 Å². The molecule has 0 radical (unpaired) electrons. The van der Waals surface area contributed by atoms with Gasteiger partial charge in [-0.25, -0.2) is 0 Å². The highest BCUT2D eigenvalue weighted by Crippen LogP contribution is 2.40. The minimum absolute atomic E-state index is 0.192. The molecular formula is C40H40Cl2N2O4. The molecule has 1 aromatic heterocycles. The molecule has 3 aliphatic rings. The molecule has 3 aromatic carbocycles. The van der Waals surface area contributed by atoms with E-state index in [4.69, 9.17) is 32.7 Å². The number of ether oxygens (including phenoxy) is 2. The van der Waals surface area contributed by atoms with E-state index in [-0.39, 0.29) is 17.6 Å². The van der Waals surface area contributed by atoms with E-state index in [0.717, 1.165) is 44.2 Å². The Balaban J connectivity index is 1.21. The molecule has 4 heterocycles. The molecule has 3 atom stereocenters. The summed E-state index contributed by atoms with van der Waals surface area (Å²) in [6.07, 6.45) is 9.94. The zero-order chi connectivity index (χ0) is 33.4. The molecule has 0 bridgehead atoms. The molecule has 1 saturated heterocycles. The van der Waals surface area contributed by atoms with E-state index in [1.165, 1.54) is 16.5 Å². The van der Waals surface area contributed by atoms with E-state index in [9.17, 15) is 9.59 Å². The second kappa shape index (κ2) is 13.9. The number of aryl methyl sites for hydroxylation is 1. The maximum Gasteiger partial charge on any atom is 0.254 e. The first-order valence-corrected chi connectivity index (χ1v) is 17.9. The van der Waals surface area contributed by atoms with Crippen molar-refractivity contribution in [1.29, 1.82) is 0 Å². The van der Waals surface area contributed by atoms with Crippen LogP contribution in [0.15, 0.2) is 78.0 Å². The molecule has 1 amide bonds. The third-order valence-electron chi connectivity index (χ3n) is 9.79. The third kappa shape index (κ3) is 6.28. The van der Waals surface area contributed by atoms with Crippen molar-refractivity contribution >= 4 is 57.9 Å². The molecule has 0 aliphatic carbocycles. The summed E-state index contributed by atoms with van der Waals surface area (Å²) in [7, 11) is 0. The highest BCUT2D eigenvalue weighted by atomic mass is 35.5. The first kappa shape index (κ1) is 32.5. The molecule has 1 fully saturated rings. The number of nitrogens with zero attached hydrogens (tertiary/aromatic N) is 2. The van der Waals surface area contributed by atoms with Crippen molar-refractivity contribution in [2.24, 2.45) is 0 Å². The van der Waals surface area contributed by atoms with Crippen LogP contribution in [-0.2, 0) is 16.1 Å². The second-order valence-electron chi connectivity index (χ2n) is 13.1. The SMILES string of the molecule is CCCCC1Oc2ccc(Cl)cc2C=C1C(=O)C1Oc2ccc(Cl)cc2C=C1C(=O)N1CCC(c2cn(CCCC)c3ccccc23)C1. The number of fused-ring (bicyclic) bond motifs is 3. The van der Waals surface area contributed by atoms with E-state index in [2.05, 4.69) is 48.9 Å². The van der Waals surface area contributed by atoms with Gasteiger partial charge in [-0.2, -0.15) is 0 Å². The normalized spacial score (nSPS) is 20.0. The summed E-state index contributed by atoms with van der Waals surface area (Å²) in [5.74, 6) is 0.919. The van der Waals surface area contributed by atoms with Gasteiger partial charge in [-0.05, 0) is 85.9 Å². The van der Waals surface area contributed by atoms with Crippen molar-refractivity contribution in [3.05, 3.63) is 105 Å². The fraction of sp³-hybridized carbons (Fsp3) is 0.350. The lowest BCUT2D eigenvalue weighted by Crippen LogP contribution is -2.43. The highest BCUT2D eigenvalue weighted by Gasteiger charge is 2.41. The number of carbonyl (C=O) groups is 2. The summed E-state index contributed by atoms with van der Waals surface area (Å²) in [5, 5.41) is 2.33. The Labute approximate surface area is 291 Å². The van der Waals surface area contributed by atoms with Crippen molar-refractivity contribution in [2.75, 3.05) is 13.1 Å². The number of aromatic nitrogens is 1. The predicted molar refractivity (Wildman–Crippen MR) is 193 cm³/mol. The zero-order valence-corrected chi connectivity index (χ0v) is 28.9. The Morgan fingerprint density at radius 1 is 0.854 bits per heavy atom. The topological polar surface area (TPSA) is 60.8 Å². The van der Waals surface area contributed by atoms with Gasteiger partial charge in [0.15, 0.2) is 6.10 Å². The van der Waals surface area contributed by atoms with Crippen LogP contribution in [0.25, 0.3) is 23.1 Å². The van der Waals surface area contributed by atoms with Crippen LogP contribution in [0.2, 0.25) is 10.0 Å². The number of rotatable bonds is 10. The summed E-state index contributed by atoms with van der Waals surface area (Å²) in [6.45, 7) is 6.45. The number of Topliss-reactive ketones (excluding diaryl/α,β-unsaturated/α-hetero) is 1. The van der Waals surface area contributed by atoms with Gasteiger partial charge in [0, 0.05) is 69.4 Å². The Morgan fingerprint density at radius 3 is 2.27 bits per heavy atom. The van der Waals surface area contributed by atoms with E-state index < -0.39 is 12.2 Å². The largest absolute Gasteiger partial charge is 0.485 e. The summed E-state index contributed by atoms with van der Waals surface area (Å²) in [4.78, 5) is 31.0. The number of carbonyl (C=O) groups excluding carboxylic acids is 2. The third-order valence-corrected chi connectivity index (χ3v) is 10.3. The van der Waals surface area contributed by atoms with Crippen LogP contribution in [0.5, 0.6) is 11.5 Å². The van der Waals surface area contributed by atoms with Gasteiger partial charge in [0.05, 0.1) is 5.57 Å². The highest BCUT2D eigenvalue weighted by molar-refractivity contribution is 6.31. The number of ketones is 1. The number of unbranched alkanes of at least 4 members (excludes halogenated alkanes) is 2. The summed E-state index contributed by atoms with van der Waals surface area (Å²) in [6, 6.07) is 19.2. The van der Waals surface area contributed by atoms with Crippen molar-refractivity contribution in [3.63, 3.8) is 0 Å². The lowest BCUT2D eigenvalue weighted by molar-refractivity contribution is -0.130. The van der Waals surface area contributed by atoms with Gasteiger partial charge in [-0.15, -0.1) is 0 Å². The van der Waals surface area contributed by atoms with Gasteiger partial charge >= 0.3 is 0 Å². The van der Waals surface area contributed by atoms with Crippen LogP contribution < -0.4 is 9.47 Å². The van der Waals surface area contributed by atoms with Gasteiger partial charge in [-0.1, -0.05) is 68.1 Å². The van der Waals surface area contributed by atoms with Gasteiger partial charge in [0.25, 0.3) is 5.91 Å². The van der Waals surface area contributed by atoms with Gasteiger partial charge in [0.2, 0.25) is 5.78 Å². The molecule has 3 unspecified atom stereocenters. The number of amides is 1. The summed E-state index contributed by atoms with van der Waals surface area (Å²) in [5.41, 5.74) is 4.72. The molecule has 48 heavy (non-hydrogen) atoms. The fourth-order valence-electron chi connectivity index (χ4n) is 7.24. The van der Waals surface area contributed by atoms with Crippen LogP contribution in [-0.4, -0.2) is 46.5 Å². The molecule has 8 heteroatoms. The average Bonchev–Trinajstić information content (AvgIpc) is 3.73. The van der Waals surface area contributed by atoms with Crippen LogP contribution in [0.4, 0.5) is 0 Å². The maximum atomic E-state index is 14.6. The molecule has 3 aliphatic heterocycles. The molecule has 248 valence electrons. The van der Waals surface area contributed by atoms with E-state index in [1.807, 2.05) is 17.0 Å². The van der Waals surface area contributed by atoms with Crippen LogP contribution in [0.3, 0.4) is 0 Å². The van der Waals surface area contributed by atoms with Gasteiger partial charge < -0.3 is 18.9 Å². The minimum Gasteiger partial charge on any atom is -0.485 e. The lowest BCUT2D eigenvalue weighted by Gasteiger charge is -2.32. The molecule has 0 spiro atoms. The Bertz CT molecular complexity index is 1940. The minimum atomic E-state index is -1.12. The first-order chi connectivity index (χ1) is 23.3. The molecule has 4 aromatic rings. The molecule has 0 saturated carbocycles. The Morgan fingerprint density at radius 2 is 1.54 bits per heavy atom. The first-order valence-electron chi connectivity index (χ1n) is 17.1. The van der Waals surface area contributed by atoms with Crippen molar-refractivity contribution < 1.29 is 19.1 Å². The van der Waals surface area contributed by atoms with E-state index >= 15 is 0 Å². The molecule has 6 nitrogen and oxygen atoms in total. The zero-order valence-electron chi connectivity index (χ0n) is 27.4. The number of hydrogen-bond acceptors (Lipinski definition) is 4. The monoisotopic (exact) mass is 682 g/mol. The molecule has 7 rings (SSSR count). The smallest absolute Gasteiger partial charge is 0.254 e. The van der Waals surface area contributed by atoms with Crippen LogP contribution >= 0.6 is 23.2 Å². The maximum absolute atomic E-state index is 14.6. The van der Waals surface area contributed by atoms with Crippen LogP contribution in [0.1, 0.15) is 75.0 Å². The Kier molecular flexibility index (Phi) is 9.39. The van der Waals surface area contributed by atoms with E-state index in [0.29, 0.717) is 57.8 Å².